The van der Waals surface area contributed by atoms with E-state index in [1.54, 1.807) is 0 Å². The fourth-order valence-electron chi connectivity index (χ4n) is 5.24. The molecular weight excluding hydrogens is 432 g/mol. The van der Waals surface area contributed by atoms with Crippen LogP contribution in [0, 0.1) is 5.92 Å². The van der Waals surface area contributed by atoms with Crippen LogP contribution < -0.4 is 10.6 Å². The van der Waals surface area contributed by atoms with Gasteiger partial charge in [-0.2, -0.15) is 0 Å². The number of alkyl carbamates (subject to hydrolysis) is 1. The van der Waals surface area contributed by atoms with Gasteiger partial charge >= 0.3 is 12.1 Å². The van der Waals surface area contributed by atoms with Crippen LogP contribution in [0.2, 0.25) is 0 Å². The molecule has 7 heteroatoms. The second kappa shape index (κ2) is 10.7. The average molecular weight is 465 g/mol. The van der Waals surface area contributed by atoms with E-state index in [4.69, 9.17) is 4.74 Å². The molecule has 0 heterocycles. The quantitative estimate of drug-likeness (QED) is 0.535. The van der Waals surface area contributed by atoms with E-state index in [-0.39, 0.29) is 18.6 Å². The van der Waals surface area contributed by atoms with Crippen molar-refractivity contribution in [2.45, 2.75) is 63.5 Å². The summed E-state index contributed by atoms with van der Waals surface area (Å²) in [4.78, 5) is 36.8. The molecule has 180 valence electrons. The van der Waals surface area contributed by atoms with Crippen LogP contribution in [0.5, 0.6) is 0 Å². The Balaban J connectivity index is 1.38. The first-order chi connectivity index (χ1) is 16.4. The number of carbonyl (C=O) groups excluding carboxylic acids is 2. The lowest BCUT2D eigenvalue weighted by Gasteiger charge is -2.29. The predicted molar refractivity (Wildman–Crippen MR) is 128 cm³/mol. The highest BCUT2D eigenvalue weighted by Gasteiger charge is 2.31. The van der Waals surface area contributed by atoms with Crippen molar-refractivity contribution in [1.82, 2.24) is 10.6 Å². The standard InChI is InChI=1S/C27H32N2O5/c1-17(18-9-3-2-4-10-18)28-26(32)24(15-25(30)31)29-27(33)34-16-23-21-13-7-5-11-19(21)20-12-6-8-14-22(20)23/h5-8,11-14,17-18,23-24H,2-4,9-10,15-16H2,1H3,(H,28,32)(H,29,33)(H,30,31). The molecule has 2 aliphatic rings. The van der Waals surface area contributed by atoms with Crippen molar-refractivity contribution in [3.8, 4) is 11.1 Å². The average Bonchev–Trinajstić information content (AvgIpc) is 3.16. The van der Waals surface area contributed by atoms with Crippen molar-refractivity contribution in [1.29, 1.82) is 0 Å². The summed E-state index contributed by atoms with van der Waals surface area (Å²) in [5.74, 6) is -1.40. The summed E-state index contributed by atoms with van der Waals surface area (Å²) in [5, 5.41) is 14.7. The Bertz CT molecular complexity index is 1000. The molecule has 0 aliphatic heterocycles. The van der Waals surface area contributed by atoms with Crippen LogP contribution in [0.15, 0.2) is 48.5 Å². The van der Waals surface area contributed by atoms with E-state index in [9.17, 15) is 19.5 Å². The molecule has 4 rings (SSSR count). The first-order valence-corrected chi connectivity index (χ1v) is 12.1. The van der Waals surface area contributed by atoms with E-state index in [1.165, 1.54) is 6.42 Å². The summed E-state index contributed by atoms with van der Waals surface area (Å²) in [6.07, 6.45) is 4.28. The maximum absolute atomic E-state index is 12.8. The molecule has 0 spiro atoms. The molecule has 3 N–H and O–H groups in total. The summed E-state index contributed by atoms with van der Waals surface area (Å²) in [6.45, 7) is 2.04. The molecule has 0 radical (unpaired) electrons. The zero-order valence-corrected chi connectivity index (χ0v) is 19.5. The molecular formula is C27H32N2O5. The molecule has 2 amide bonds. The van der Waals surface area contributed by atoms with Gasteiger partial charge in [-0.3, -0.25) is 9.59 Å². The number of fused-ring (bicyclic) bond motifs is 3. The molecule has 2 unspecified atom stereocenters. The van der Waals surface area contributed by atoms with Crippen molar-refractivity contribution in [2.24, 2.45) is 5.92 Å². The number of rotatable bonds is 8. The SMILES string of the molecule is CC(NC(=O)C(CC(=O)O)NC(=O)OCC1c2ccccc2-c2ccccc21)C1CCCCC1. The minimum absolute atomic E-state index is 0.0755. The Kier molecular flexibility index (Phi) is 7.50. The summed E-state index contributed by atoms with van der Waals surface area (Å²) in [7, 11) is 0. The number of ether oxygens (including phenoxy) is 1. The fraction of sp³-hybridized carbons (Fsp3) is 0.444. The van der Waals surface area contributed by atoms with Crippen LogP contribution in [-0.4, -0.2) is 41.8 Å². The zero-order chi connectivity index (χ0) is 24.1. The summed E-state index contributed by atoms with van der Waals surface area (Å²) in [6, 6.07) is 14.8. The van der Waals surface area contributed by atoms with Crippen LogP contribution in [-0.2, 0) is 14.3 Å². The Hall–Kier alpha value is -3.35. The third-order valence-corrected chi connectivity index (χ3v) is 7.06. The van der Waals surface area contributed by atoms with E-state index in [1.807, 2.05) is 43.3 Å². The maximum Gasteiger partial charge on any atom is 0.407 e. The number of benzene rings is 2. The number of carbonyl (C=O) groups is 3. The first-order valence-electron chi connectivity index (χ1n) is 12.1. The van der Waals surface area contributed by atoms with E-state index in [0.717, 1.165) is 47.9 Å². The Morgan fingerprint density at radius 1 is 0.941 bits per heavy atom. The van der Waals surface area contributed by atoms with Crippen molar-refractivity contribution in [2.75, 3.05) is 6.61 Å². The van der Waals surface area contributed by atoms with E-state index in [0.29, 0.717) is 5.92 Å². The van der Waals surface area contributed by atoms with Gasteiger partial charge in [-0.15, -0.1) is 0 Å². The molecule has 7 nitrogen and oxygen atoms in total. The summed E-state index contributed by atoms with van der Waals surface area (Å²) in [5.41, 5.74) is 4.40. The zero-order valence-electron chi connectivity index (χ0n) is 19.5. The Morgan fingerprint density at radius 2 is 1.53 bits per heavy atom. The van der Waals surface area contributed by atoms with Gasteiger partial charge < -0.3 is 20.5 Å². The summed E-state index contributed by atoms with van der Waals surface area (Å²) < 4.78 is 5.50. The van der Waals surface area contributed by atoms with Crippen molar-refractivity contribution < 1.29 is 24.2 Å². The molecule has 2 aromatic rings. The highest BCUT2D eigenvalue weighted by molar-refractivity contribution is 5.89. The monoisotopic (exact) mass is 464 g/mol. The van der Waals surface area contributed by atoms with Crippen molar-refractivity contribution >= 4 is 18.0 Å². The van der Waals surface area contributed by atoms with Gasteiger partial charge in [0.05, 0.1) is 6.42 Å². The Morgan fingerprint density at radius 3 is 2.12 bits per heavy atom. The highest BCUT2D eigenvalue weighted by atomic mass is 16.5. The number of carboxylic acid groups (broad SMARTS) is 1. The molecule has 2 atom stereocenters. The molecule has 34 heavy (non-hydrogen) atoms. The molecule has 1 saturated carbocycles. The molecule has 0 aromatic heterocycles. The van der Waals surface area contributed by atoms with Crippen LogP contribution in [0.3, 0.4) is 0 Å². The van der Waals surface area contributed by atoms with E-state index >= 15 is 0 Å². The Labute approximate surface area is 199 Å². The minimum atomic E-state index is -1.20. The van der Waals surface area contributed by atoms with Gasteiger partial charge in [0, 0.05) is 12.0 Å². The molecule has 2 aromatic carbocycles. The van der Waals surface area contributed by atoms with Crippen LogP contribution in [0.25, 0.3) is 11.1 Å². The number of carboxylic acids is 1. The molecule has 0 bridgehead atoms. The van der Waals surface area contributed by atoms with Crippen LogP contribution >= 0.6 is 0 Å². The second-order valence-corrected chi connectivity index (χ2v) is 9.32. The third kappa shape index (κ3) is 5.41. The van der Waals surface area contributed by atoms with Crippen molar-refractivity contribution in [3.05, 3.63) is 59.7 Å². The fourth-order valence-corrected chi connectivity index (χ4v) is 5.24. The highest BCUT2D eigenvalue weighted by Crippen LogP contribution is 2.44. The van der Waals surface area contributed by atoms with Gasteiger partial charge in [0.25, 0.3) is 0 Å². The lowest BCUT2D eigenvalue weighted by Crippen LogP contribution is -2.51. The molecule has 1 fully saturated rings. The first kappa shape index (κ1) is 23.8. The van der Waals surface area contributed by atoms with Gasteiger partial charge in [0.15, 0.2) is 0 Å². The second-order valence-electron chi connectivity index (χ2n) is 9.32. The number of nitrogens with one attached hydrogen (secondary N) is 2. The summed E-state index contributed by atoms with van der Waals surface area (Å²) >= 11 is 0. The van der Waals surface area contributed by atoms with Gasteiger partial charge in [-0.05, 0) is 47.9 Å². The predicted octanol–water partition coefficient (Wildman–Crippen LogP) is 4.45. The topological polar surface area (TPSA) is 105 Å². The van der Waals surface area contributed by atoms with Crippen molar-refractivity contribution in [3.63, 3.8) is 0 Å². The number of hydrogen-bond acceptors (Lipinski definition) is 4. The van der Waals surface area contributed by atoms with E-state index in [2.05, 4.69) is 22.8 Å². The van der Waals surface area contributed by atoms with E-state index < -0.39 is 30.4 Å². The van der Waals surface area contributed by atoms with Gasteiger partial charge in [-0.25, -0.2) is 4.79 Å². The van der Waals surface area contributed by atoms with Gasteiger partial charge in [-0.1, -0.05) is 67.8 Å². The van der Waals surface area contributed by atoms with Crippen LogP contribution in [0.4, 0.5) is 4.79 Å². The number of hydrogen-bond donors (Lipinski definition) is 3. The van der Waals surface area contributed by atoms with Gasteiger partial charge in [0.2, 0.25) is 5.91 Å². The number of aliphatic carboxylic acids is 1. The number of amides is 2. The lowest BCUT2D eigenvalue weighted by molar-refractivity contribution is -0.140. The maximum atomic E-state index is 12.8. The largest absolute Gasteiger partial charge is 0.481 e. The van der Waals surface area contributed by atoms with Gasteiger partial charge in [0.1, 0.15) is 12.6 Å². The third-order valence-electron chi connectivity index (χ3n) is 7.06. The van der Waals surface area contributed by atoms with Crippen LogP contribution in [0.1, 0.15) is 62.5 Å². The molecule has 0 saturated heterocycles. The smallest absolute Gasteiger partial charge is 0.407 e. The normalized spacial score (nSPS) is 17.2. The lowest BCUT2D eigenvalue weighted by atomic mass is 9.84. The minimum Gasteiger partial charge on any atom is -0.481 e. The molecule has 2 aliphatic carbocycles.